The number of ether oxygens (including phenoxy) is 1. The van der Waals surface area contributed by atoms with Crippen molar-refractivity contribution in [1.29, 1.82) is 0 Å². The Kier molecular flexibility index (Phi) is 3.83. The summed E-state index contributed by atoms with van der Waals surface area (Å²) in [5, 5.41) is 0. The molecule has 0 amide bonds. The van der Waals surface area contributed by atoms with Crippen LogP contribution in [0.1, 0.15) is 23.2 Å². The molecule has 3 N–H and O–H groups in total. The molecule has 0 saturated carbocycles. The molecule has 1 fully saturated rings. The zero-order chi connectivity index (χ0) is 16.5. The first-order valence-corrected chi connectivity index (χ1v) is 7.91. The Morgan fingerprint density at radius 3 is 3.17 bits per heavy atom. The van der Waals surface area contributed by atoms with Crippen molar-refractivity contribution in [3.8, 4) is 0 Å². The lowest BCUT2D eigenvalue weighted by Crippen LogP contribution is -2.38. The monoisotopic (exact) mass is 325 g/mol. The van der Waals surface area contributed by atoms with E-state index in [9.17, 15) is 0 Å². The number of fused-ring (bicyclic) bond motifs is 1. The normalized spacial score (nSPS) is 19.0. The molecule has 0 radical (unpaired) electrons. The van der Waals surface area contributed by atoms with Gasteiger partial charge in [0.2, 0.25) is 0 Å². The highest BCUT2D eigenvalue weighted by Gasteiger charge is 2.25. The molecule has 8 nitrogen and oxygen atoms in total. The maximum Gasteiger partial charge on any atom is 0.183 e. The van der Waals surface area contributed by atoms with Crippen LogP contribution >= 0.6 is 0 Å². The minimum atomic E-state index is -0.209. The minimum Gasteiger partial charge on any atom is -0.382 e. The van der Waals surface area contributed by atoms with E-state index in [1.54, 1.807) is 6.33 Å². The lowest BCUT2D eigenvalue weighted by molar-refractivity contribution is -0.0370. The van der Waals surface area contributed by atoms with Crippen LogP contribution in [0, 0.1) is 6.92 Å². The molecule has 8 heteroatoms. The predicted octanol–water partition coefficient (Wildman–Crippen LogP) is 1.21. The molecule has 1 unspecified atom stereocenters. The number of hydrogen-bond acceptors (Lipinski definition) is 7. The number of pyridine rings is 1. The van der Waals surface area contributed by atoms with Crippen molar-refractivity contribution in [1.82, 2.24) is 29.8 Å². The van der Waals surface area contributed by atoms with Crippen LogP contribution in [0.3, 0.4) is 0 Å². The van der Waals surface area contributed by atoms with Gasteiger partial charge in [-0.15, -0.1) is 0 Å². The van der Waals surface area contributed by atoms with Gasteiger partial charge < -0.3 is 15.5 Å². The first kappa shape index (κ1) is 15.0. The van der Waals surface area contributed by atoms with Gasteiger partial charge in [-0.1, -0.05) is 6.07 Å². The first-order chi connectivity index (χ1) is 11.7. The zero-order valence-electron chi connectivity index (χ0n) is 13.4. The molecule has 1 aliphatic rings. The van der Waals surface area contributed by atoms with E-state index < -0.39 is 0 Å². The van der Waals surface area contributed by atoms with Crippen molar-refractivity contribution < 1.29 is 4.74 Å². The molecule has 0 aliphatic carbocycles. The summed E-state index contributed by atoms with van der Waals surface area (Å²) >= 11 is 0. The van der Waals surface area contributed by atoms with Crippen LogP contribution < -0.4 is 5.73 Å². The van der Waals surface area contributed by atoms with E-state index in [2.05, 4.69) is 35.9 Å². The van der Waals surface area contributed by atoms with E-state index in [0.717, 1.165) is 18.8 Å². The average Bonchev–Trinajstić information content (AvgIpc) is 3.06. The third-order valence-electron chi connectivity index (χ3n) is 4.28. The Bertz CT molecular complexity index is 863. The van der Waals surface area contributed by atoms with Gasteiger partial charge in [-0.05, 0) is 18.6 Å². The number of morpholine rings is 1. The van der Waals surface area contributed by atoms with Crippen LogP contribution in [0.4, 0.5) is 5.82 Å². The molecule has 1 atom stereocenters. The second kappa shape index (κ2) is 6.14. The third-order valence-corrected chi connectivity index (χ3v) is 4.28. The molecule has 0 aromatic carbocycles. The molecule has 24 heavy (non-hydrogen) atoms. The van der Waals surface area contributed by atoms with Gasteiger partial charge in [-0.2, -0.15) is 0 Å². The standard InChI is InChI=1S/C16H19N7O/c1-10-11(3-2-4-18-10)7-23-5-6-24-12(8-23)15-21-14(17)13-16(22-15)20-9-19-13/h2-4,9,12H,5-8H2,1H3,(H3,17,19,20,21,22). The number of hydrogen-bond donors (Lipinski definition) is 2. The topological polar surface area (TPSA) is 106 Å². The van der Waals surface area contributed by atoms with Crippen molar-refractivity contribution in [3.63, 3.8) is 0 Å². The van der Waals surface area contributed by atoms with Gasteiger partial charge in [0, 0.05) is 31.5 Å². The van der Waals surface area contributed by atoms with Crippen molar-refractivity contribution >= 4 is 17.0 Å². The molecule has 3 aromatic rings. The van der Waals surface area contributed by atoms with E-state index in [1.165, 1.54) is 5.56 Å². The Labute approximate surface area is 139 Å². The molecule has 1 saturated heterocycles. The van der Waals surface area contributed by atoms with E-state index in [1.807, 2.05) is 19.2 Å². The number of nitrogens with one attached hydrogen (secondary N) is 1. The van der Waals surface area contributed by atoms with Crippen LogP contribution in [-0.2, 0) is 11.3 Å². The van der Waals surface area contributed by atoms with Crippen LogP contribution in [-0.4, -0.2) is 49.5 Å². The third kappa shape index (κ3) is 2.81. The van der Waals surface area contributed by atoms with Crippen molar-refractivity contribution in [2.75, 3.05) is 25.4 Å². The van der Waals surface area contributed by atoms with Crippen molar-refractivity contribution in [3.05, 3.63) is 41.7 Å². The Morgan fingerprint density at radius 2 is 2.29 bits per heavy atom. The quantitative estimate of drug-likeness (QED) is 0.745. The number of nitrogen functional groups attached to an aromatic ring is 1. The molecule has 3 aromatic heterocycles. The lowest BCUT2D eigenvalue weighted by Gasteiger charge is -2.32. The molecule has 4 heterocycles. The Balaban J connectivity index is 1.54. The number of nitrogens with two attached hydrogens (primary N) is 1. The van der Waals surface area contributed by atoms with Crippen LogP contribution in [0.15, 0.2) is 24.7 Å². The summed E-state index contributed by atoms with van der Waals surface area (Å²) in [4.78, 5) is 22.7. The summed E-state index contributed by atoms with van der Waals surface area (Å²) < 4.78 is 5.87. The Morgan fingerprint density at radius 1 is 1.38 bits per heavy atom. The fourth-order valence-corrected chi connectivity index (χ4v) is 2.95. The van der Waals surface area contributed by atoms with E-state index in [4.69, 9.17) is 10.5 Å². The summed E-state index contributed by atoms with van der Waals surface area (Å²) in [6.45, 7) is 5.07. The Hall–Kier alpha value is -2.58. The van der Waals surface area contributed by atoms with Crippen LogP contribution in [0.2, 0.25) is 0 Å². The minimum absolute atomic E-state index is 0.209. The average molecular weight is 325 g/mol. The maximum atomic E-state index is 5.99. The van der Waals surface area contributed by atoms with E-state index in [-0.39, 0.29) is 6.10 Å². The van der Waals surface area contributed by atoms with Gasteiger partial charge in [0.15, 0.2) is 17.3 Å². The molecular formula is C16H19N7O. The van der Waals surface area contributed by atoms with Gasteiger partial charge >= 0.3 is 0 Å². The molecule has 124 valence electrons. The second-order valence-corrected chi connectivity index (χ2v) is 5.91. The SMILES string of the molecule is Cc1ncccc1CN1CCOC(c2nc(N)c3[nH]cnc3n2)C1. The summed E-state index contributed by atoms with van der Waals surface area (Å²) in [5.41, 5.74) is 9.50. The summed E-state index contributed by atoms with van der Waals surface area (Å²) in [6.07, 6.45) is 3.18. The first-order valence-electron chi connectivity index (χ1n) is 7.91. The number of anilines is 1. The van der Waals surface area contributed by atoms with E-state index >= 15 is 0 Å². The van der Waals surface area contributed by atoms with Gasteiger partial charge in [-0.25, -0.2) is 15.0 Å². The molecule has 1 aliphatic heterocycles. The largest absolute Gasteiger partial charge is 0.382 e. The number of aromatic nitrogens is 5. The second-order valence-electron chi connectivity index (χ2n) is 5.91. The number of H-pyrrole nitrogens is 1. The van der Waals surface area contributed by atoms with Crippen LogP contribution in [0.5, 0.6) is 0 Å². The molecular weight excluding hydrogens is 306 g/mol. The van der Waals surface area contributed by atoms with Crippen molar-refractivity contribution in [2.45, 2.75) is 19.6 Å². The fraction of sp³-hybridized carbons (Fsp3) is 0.375. The predicted molar refractivity (Wildman–Crippen MR) is 89.0 cm³/mol. The molecule has 0 spiro atoms. The van der Waals surface area contributed by atoms with Gasteiger partial charge in [0.25, 0.3) is 0 Å². The highest BCUT2D eigenvalue weighted by Crippen LogP contribution is 2.24. The fourth-order valence-electron chi connectivity index (χ4n) is 2.95. The molecule has 0 bridgehead atoms. The van der Waals surface area contributed by atoms with Crippen molar-refractivity contribution in [2.24, 2.45) is 0 Å². The maximum absolute atomic E-state index is 5.99. The number of rotatable bonds is 3. The number of nitrogens with zero attached hydrogens (tertiary/aromatic N) is 5. The summed E-state index contributed by atoms with van der Waals surface area (Å²) in [6, 6.07) is 4.08. The number of imidazole rings is 1. The highest BCUT2D eigenvalue weighted by molar-refractivity contribution is 5.80. The van der Waals surface area contributed by atoms with Gasteiger partial charge in [0.1, 0.15) is 11.6 Å². The number of aryl methyl sites for hydroxylation is 1. The smallest absolute Gasteiger partial charge is 0.183 e. The van der Waals surface area contributed by atoms with Gasteiger partial charge in [-0.3, -0.25) is 9.88 Å². The highest BCUT2D eigenvalue weighted by atomic mass is 16.5. The summed E-state index contributed by atoms with van der Waals surface area (Å²) in [5.74, 6) is 0.982. The number of aromatic amines is 1. The molecule has 4 rings (SSSR count). The van der Waals surface area contributed by atoms with Gasteiger partial charge in [0.05, 0.1) is 12.9 Å². The van der Waals surface area contributed by atoms with E-state index in [0.29, 0.717) is 36.0 Å². The van der Waals surface area contributed by atoms with Crippen LogP contribution in [0.25, 0.3) is 11.2 Å². The summed E-state index contributed by atoms with van der Waals surface area (Å²) in [7, 11) is 0. The lowest BCUT2D eigenvalue weighted by atomic mass is 10.1. The zero-order valence-corrected chi connectivity index (χ0v) is 13.4.